The fourth-order valence-electron chi connectivity index (χ4n) is 2.21. The molecule has 1 aromatic heterocycles. The van der Waals surface area contributed by atoms with Crippen molar-refractivity contribution in [2.45, 2.75) is 26.3 Å². The molecule has 0 radical (unpaired) electrons. The van der Waals surface area contributed by atoms with Crippen LogP contribution in [0.15, 0.2) is 18.3 Å². The maximum absolute atomic E-state index is 4.51. The number of nitrogens with zero attached hydrogens (tertiary/aromatic N) is 2. The van der Waals surface area contributed by atoms with Crippen molar-refractivity contribution in [2.24, 2.45) is 0 Å². The van der Waals surface area contributed by atoms with Crippen molar-refractivity contribution in [2.75, 3.05) is 26.2 Å². The summed E-state index contributed by atoms with van der Waals surface area (Å²) < 4.78 is 0. The maximum atomic E-state index is 4.51. The van der Waals surface area contributed by atoms with Crippen molar-refractivity contribution in [3.05, 3.63) is 29.6 Å². The van der Waals surface area contributed by atoms with E-state index in [4.69, 9.17) is 0 Å². The van der Waals surface area contributed by atoms with Gasteiger partial charge in [0.15, 0.2) is 0 Å². The summed E-state index contributed by atoms with van der Waals surface area (Å²) in [6.45, 7) is 7.79. The van der Waals surface area contributed by atoms with Crippen molar-refractivity contribution in [1.29, 1.82) is 0 Å². The van der Waals surface area contributed by atoms with Crippen molar-refractivity contribution in [3.8, 4) is 0 Å². The number of pyridine rings is 1. The summed E-state index contributed by atoms with van der Waals surface area (Å²) in [6.07, 6.45) is 4.23. The Balaban J connectivity index is 2.01. The zero-order valence-corrected chi connectivity index (χ0v) is 10.1. The first-order chi connectivity index (χ1) is 7.90. The van der Waals surface area contributed by atoms with Crippen LogP contribution < -0.4 is 5.32 Å². The number of hydrogen-bond acceptors (Lipinski definition) is 3. The normalized spacial score (nSPS) is 18.3. The molecule has 1 aliphatic heterocycles. The minimum absolute atomic E-state index is 1.01. The molecule has 2 rings (SSSR count). The van der Waals surface area contributed by atoms with Crippen LogP contribution in [0.25, 0.3) is 0 Å². The lowest BCUT2D eigenvalue weighted by molar-refractivity contribution is 0.280. The van der Waals surface area contributed by atoms with Gasteiger partial charge in [-0.2, -0.15) is 0 Å². The van der Waals surface area contributed by atoms with Crippen LogP contribution in [-0.2, 0) is 13.0 Å². The van der Waals surface area contributed by atoms with Gasteiger partial charge in [-0.05, 0) is 37.6 Å². The van der Waals surface area contributed by atoms with Gasteiger partial charge in [0.25, 0.3) is 0 Å². The van der Waals surface area contributed by atoms with E-state index in [2.05, 4.69) is 28.2 Å². The van der Waals surface area contributed by atoms with Gasteiger partial charge in [0.1, 0.15) is 0 Å². The van der Waals surface area contributed by atoms with E-state index in [1.807, 2.05) is 12.3 Å². The first kappa shape index (κ1) is 11.6. The Kier molecular flexibility index (Phi) is 4.31. The zero-order valence-electron chi connectivity index (χ0n) is 10.1. The minimum Gasteiger partial charge on any atom is -0.315 e. The highest BCUT2D eigenvalue weighted by Gasteiger charge is 2.11. The van der Waals surface area contributed by atoms with E-state index in [0.717, 1.165) is 32.6 Å². The molecule has 0 aromatic carbocycles. The molecule has 3 nitrogen and oxygen atoms in total. The van der Waals surface area contributed by atoms with Gasteiger partial charge in [0.2, 0.25) is 0 Å². The molecule has 0 aliphatic carbocycles. The molecule has 1 saturated heterocycles. The van der Waals surface area contributed by atoms with Gasteiger partial charge in [0, 0.05) is 25.8 Å². The van der Waals surface area contributed by atoms with Crippen molar-refractivity contribution >= 4 is 0 Å². The van der Waals surface area contributed by atoms with Gasteiger partial charge in [-0.25, -0.2) is 0 Å². The molecule has 1 aliphatic rings. The summed E-state index contributed by atoms with van der Waals surface area (Å²) in [7, 11) is 0. The van der Waals surface area contributed by atoms with E-state index in [9.17, 15) is 0 Å². The van der Waals surface area contributed by atoms with Crippen LogP contribution in [-0.4, -0.2) is 36.1 Å². The van der Waals surface area contributed by atoms with Crippen molar-refractivity contribution in [1.82, 2.24) is 15.2 Å². The molecule has 0 spiro atoms. The van der Waals surface area contributed by atoms with E-state index in [-0.39, 0.29) is 0 Å². The number of rotatable bonds is 3. The van der Waals surface area contributed by atoms with Gasteiger partial charge < -0.3 is 5.32 Å². The van der Waals surface area contributed by atoms with Crippen LogP contribution in [0.3, 0.4) is 0 Å². The van der Waals surface area contributed by atoms with E-state index in [1.54, 1.807) is 0 Å². The number of aromatic nitrogens is 1. The Morgan fingerprint density at radius 2 is 2.31 bits per heavy atom. The Morgan fingerprint density at radius 1 is 1.38 bits per heavy atom. The number of nitrogens with one attached hydrogen (secondary N) is 1. The zero-order chi connectivity index (χ0) is 11.2. The van der Waals surface area contributed by atoms with Gasteiger partial charge in [-0.3, -0.25) is 9.88 Å². The van der Waals surface area contributed by atoms with Gasteiger partial charge in [-0.15, -0.1) is 0 Å². The first-order valence-corrected chi connectivity index (χ1v) is 6.26. The summed E-state index contributed by atoms with van der Waals surface area (Å²) in [5.74, 6) is 0. The second-order valence-electron chi connectivity index (χ2n) is 4.34. The third-order valence-electron chi connectivity index (χ3n) is 3.17. The molecule has 3 heteroatoms. The van der Waals surface area contributed by atoms with E-state index < -0.39 is 0 Å². The predicted octanol–water partition coefficient (Wildman–Crippen LogP) is 1.44. The van der Waals surface area contributed by atoms with Crippen LogP contribution in [0.4, 0.5) is 0 Å². The summed E-state index contributed by atoms with van der Waals surface area (Å²) in [5.41, 5.74) is 2.65. The summed E-state index contributed by atoms with van der Waals surface area (Å²) in [4.78, 5) is 7.01. The minimum atomic E-state index is 1.01. The highest BCUT2D eigenvalue weighted by molar-refractivity contribution is 5.19. The van der Waals surface area contributed by atoms with Crippen LogP contribution in [0.2, 0.25) is 0 Å². The molecule has 1 N–H and O–H groups in total. The summed E-state index contributed by atoms with van der Waals surface area (Å²) in [5, 5.41) is 3.43. The fourth-order valence-corrected chi connectivity index (χ4v) is 2.21. The molecule has 1 fully saturated rings. The lowest BCUT2D eigenvalue weighted by Gasteiger charge is -2.20. The summed E-state index contributed by atoms with van der Waals surface area (Å²) >= 11 is 0. The molecular formula is C13H21N3. The largest absolute Gasteiger partial charge is 0.315 e. The van der Waals surface area contributed by atoms with Crippen LogP contribution in [0.5, 0.6) is 0 Å². The van der Waals surface area contributed by atoms with E-state index in [1.165, 1.54) is 24.2 Å². The first-order valence-electron chi connectivity index (χ1n) is 6.26. The van der Waals surface area contributed by atoms with E-state index >= 15 is 0 Å². The van der Waals surface area contributed by atoms with Crippen LogP contribution in [0, 0.1) is 0 Å². The molecular weight excluding hydrogens is 198 g/mol. The Morgan fingerprint density at radius 3 is 3.19 bits per heavy atom. The summed E-state index contributed by atoms with van der Waals surface area (Å²) in [6, 6.07) is 4.23. The second-order valence-corrected chi connectivity index (χ2v) is 4.34. The molecule has 0 atom stereocenters. The van der Waals surface area contributed by atoms with Crippen LogP contribution in [0.1, 0.15) is 24.6 Å². The Labute approximate surface area is 97.9 Å². The van der Waals surface area contributed by atoms with Crippen molar-refractivity contribution < 1.29 is 0 Å². The van der Waals surface area contributed by atoms with E-state index in [0.29, 0.717) is 0 Å². The highest BCUT2D eigenvalue weighted by Crippen LogP contribution is 2.10. The molecule has 16 heavy (non-hydrogen) atoms. The van der Waals surface area contributed by atoms with Gasteiger partial charge in [0.05, 0.1) is 5.69 Å². The molecule has 0 bridgehead atoms. The monoisotopic (exact) mass is 219 g/mol. The SMILES string of the molecule is CCc1cccnc1CN1CCCNCC1. The lowest BCUT2D eigenvalue weighted by atomic mass is 10.1. The highest BCUT2D eigenvalue weighted by atomic mass is 15.2. The molecule has 1 aromatic rings. The average molecular weight is 219 g/mol. The quantitative estimate of drug-likeness (QED) is 0.834. The molecule has 0 saturated carbocycles. The third-order valence-corrected chi connectivity index (χ3v) is 3.17. The Hall–Kier alpha value is -0.930. The average Bonchev–Trinajstić information content (AvgIpc) is 2.58. The number of aryl methyl sites for hydroxylation is 1. The molecule has 0 unspecified atom stereocenters. The third kappa shape index (κ3) is 3.03. The molecule has 2 heterocycles. The molecule has 88 valence electrons. The fraction of sp³-hybridized carbons (Fsp3) is 0.615. The van der Waals surface area contributed by atoms with Crippen molar-refractivity contribution in [3.63, 3.8) is 0 Å². The van der Waals surface area contributed by atoms with Gasteiger partial charge >= 0.3 is 0 Å². The topological polar surface area (TPSA) is 28.2 Å². The predicted molar refractivity (Wildman–Crippen MR) is 66.4 cm³/mol. The van der Waals surface area contributed by atoms with Crippen LogP contribution >= 0.6 is 0 Å². The number of hydrogen-bond donors (Lipinski definition) is 1. The standard InChI is InChI=1S/C13H21N3/c1-2-12-5-3-7-15-13(12)11-16-9-4-6-14-8-10-16/h3,5,7,14H,2,4,6,8-11H2,1H3. The van der Waals surface area contributed by atoms with Gasteiger partial charge in [-0.1, -0.05) is 13.0 Å². The maximum Gasteiger partial charge on any atom is 0.0575 e. The molecule has 0 amide bonds. The second kappa shape index (κ2) is 5.97. The lowest BCUT2D eigenvalue weighted by Crippen LogP contribution is -2.28. The Bertz CT molecular complexity index is 317. The smallest absolute Gasteiger partial charge is 0.0575 e.